The molecule has 1 aliphatic rings. The molecular formula is C20H22FN3O3. The average molecular weight is 371 g/mol. The smallest absolute Gasteiger partial charge is 0.408 e. The minimum atomic E-state index is -0.963. The molecule has 0 spiro atoms. The van der Waals surface area contributed by atoms with Crippen LogP contribution in [0.2, 0.25) is 0 Å². The standard InChI is InChI=1S/C20H22FN3O3/c1-20(2,3)23-19(26)27-17-11-15-16(5-4-10-22-15)24(18(17)25)12-13-6-8-14(21)9-7-13/h4-10,17H,11-12H2,1-3H3,(H,23,26). The number of anilines is 1. The van der Waals surface area contributed by atoms with Gasteiger partial charge in [0.05, 0.1) is 17.9 Å². The van der Waals surface area contributed by atoms with Gasteiger partial charge >= 0.3 is 6.09 Å². The molecular weight excluding hydrogens is 349 g/mol. The number of aromatic nitrogens is 1. The molecule has 0 fully saturated rings. The summed E-state index contributed by atoms with van der Waals surface area (Å²) in [4.78, 5) is 30.9. The van der Waals surface area contributed by atoms with Crippen molar-refractivity contribution < 1.29 is 18.7 Å². The maximum absolute atomic E-state index is 13.2. The number of alkyl carbamates (subject to hydrolysis) is 1. The van der Waals surface area contributed by atoms with E-state index in [4.69, 9.17) is 4.74 Å². The van der Waals surface area contributed by atoms with E-state index in [0.717, 1.165) is 5.56 Å². The van der Waals surface area contributed by atoms with Gasteiger partial charge in [-0.1, -0.05) is 12.1 Å². The highest BCUT2D eigenvalue weighted by Crippen LogP contribution is 2.29. The first-order chi connectivity index (χ1) is 12.7. The van der Waals surface area contributed by atoms with E-state index in [1.54, 1.807) is 30.5 Å². The maximum Gasteiger partial charge on any atom is 0.408 e. The van der Waals surface area contributed by atoms with Crippen LogP contribution in [-0.4, -0.2) is 28.6 Å². The van der Waals surface area contributed by atoms with Crippen LogP contribution in [0, 0.1) is 5.82 Å². The lowest BCUT2D eigenvalue weighted by atomic mass is 10.0. The van der Waals surface area contributed by atoms with E-state index in [1.807, 2.05) is 20.8 Å². The lowest BCUT2D eigenvalue weighted by molar-refractivity contribution is -0.127. The summed E-state index contributed by atoms with van der Waals surface area (Å²) in [5, 5.41) is 2.69. The van der Waals surface area contributed by atoms with Gasteiger partial charge < -0.3 is 15.0 Å². The van der Waals surface area contributed by atoms with Crippen LogP contribution in [0.4, 0.5) is 14.9 Å². The van der Waals surface area contributed by atoms with E-state index in [1.165, 1.54) is 17.0 Å². The van der Waals surface area contributed by atoms with E-state index in [9.17, 15) is 14.0 Å². The van der Waals surface area contributed by atoms with Gasteiger partial charge in [-0.2, -0.15) is 0 Å². The third-order valence-corrected chi connectivity index (χ3v) is 4.06. The normalized spacial score (nSPS) is 16.7. The average Bonchev–Trinajstić information content (AvgIpc) is 2.58. The lowest BCUT2D eigenvalue weighted by Crippen LogP contribution is -2.49. The summed E-state index contributed by atoms with van der Waals surface area (Å²) in [6.45, 7) is 5.72. The largest absolute Gasteiger partial charge is 0.436 e. The number of rotatable bonds is 3. The van der Waals surface area contributed by atoms with Crippen molar-refractivity contribution in [3.8, 4) is 0 Å². The first kappa shape index (κ1) is 18.8. The molecule has 2 heterocycles. The predicted octanol–water partition coefficient (Wildman–Crippen LogP) is 3.20. The molecule has 0 bridgehead atoms. The fraction of sp³-hybridized carbons (Fsp3) is 0.350. The van der Waals surface area contributed by atoms with E-state index < -0.39 is 17.7 Å². The molecule has 1 aromatic carbocycles. The number of fused-ring (bicyclic) bond motifs is 1. The number of halogens is 1. The molecule has 0 saturated carbocycles. The van der Waals surface area contributed by atoms with Crippen LogP contribution in [0.5, 0.6) is 0 Å². The van der Waals surface area contributed by atoms with Crippen molar-refractivity contribution >= 4 is 17.7 Å². The molecule has 0 aliphatic carbocycles. The summed E-state index contributed by atoms with van der Waals surface area (Å²) >= 11 is 0. The van der Waals surface area contributed by atoms with E-state index in [2.05, 4.69) is 10.3 Å². The van der Waals surface area contributed by atoms with Crippen LogP contribution in [-0.2, 0) is 22.5 Å². The zero-order chi connectivity index (χ0) is 19.6. The number of hydrogen-bond acceptors (Lipinski definition) is 4. The number of ether oxygens (including phenoxy) is 1. The Balaban J connectivity index is 1.84. The van der Waals surface area contributed by atoms with Gasteiger partial charge in [-0.05, 0) is 50.6 Å². The molecule has 1 unspecified atom stereocenters. The number of carbonyl (C=O) groups is 2. The van der Waals surface area contributed by atoms with Crippen molar-refractivity contribution in [1.82, 2.24) is 10.3 Å². The molecule has 142 valence electrons. The second-order valence-electron chi connectivity index (χ2n) is 7.49. The van der Waals surface area contributed by atoms with Crippen LogP contribution in [0.15, 0.2) is 42.6 Å². The molecule has 1 aromatic heterocycles. The van der Waals surface area contributed by atoms with Crippen molar-refractivity contribution in [1.29, 1.82) is 0 Å². The zero-order valence-corrected chi connectivity index (χ0v) is 15.5. The van der Waals surface area contributed by atoms with Crippen molar-refractivity contribution in [3.63, 3.8) is 0 Å². The lowest BCUT2D eigenvalue weighted by Gasteiger charge is -2.33. The van der Waals surface area contributed by atoms with Crippen LogP contribution in [0.25, 0.3) is 0 Å². The number of hydrogen-bond donors (Lipinski definition) is 1. The van der Waals surface area contributed by atoms with Gasteiger partial charge in [0.2, 0.25) is 0 Å². The third kappa shape index (κ3) is 4.61. The Labute approximate surface area is 157 Å². The zero-order valence-electron chi connectivity index (χ0n) is 15.5. The molecule has 7 heteroatoms. The van der Waals surface area contributed by atoms with Crippen LogP contribution >= 0.6 is 0 Å². The van der Waals surface area contributed by atoms with Crippen molar-refractivity contribution in [2.75, 3.05) is 4.90 Å². The topological polar surface area (TPSA) is 71.5 Å². The highest BCUT2D eigenvalue weighted by atomic mass is 19.1. The summed E-state index contributed by atoms with van der Waals surface area (Å²) in [5.41, 5.74) is 1.63. The first-order valence-corrected chi connectivity index (χ1v) is 8.71. The Kier molecular flexibility index (Phi) is 5.12. The molecule has 2 amide bonds. The van der Waals surface area contributed by atoms with Gasteiger partial charge in [-0.15, -0.1) is 0 Å². The maximum atomic E-state index is 13.2. The number of nitrogens with zero attached hydrogens (tertiary/aromatic N) is 2. The number of carbonyl (C=O) groups excluding carboxylic acids is 2. The summed E-state index contributed by atoms with van der Waals surface area (Å²) in [6.07, 6.45) is 0.237. The Hall–Kier alpha value is -2.96. The van der Waals surface area contributed by atoms with Gasteiger partial charge in [0.15, 0.2) is 6.10 Å². The highest BCUT2D eigenvalue weighted by molar-refractivity contribution is 6.00. The monoisotopic (exact) mass is 371 g/mol. The summed E-state index contributed by atoms with van der Waals surface area (Å²) in [5.74, 6) is -0.672. The third-order valence-electron chi connectivity index (χ3n) is 4.06. The quantitative estimate of drug-likeness (QED) is 0.899. The summed E-state index contributed by atoms with van der Waals surface area (Å²) in [7, 11) is 0. The minimum Gasteiger partial charge on any atom is -0.436 e. The molecule has 6 nitrogen and oxygen atoms in total. The van der Waals surface area contributed by atoms with Crippen molar-refractivity contribution in [2.45, 2.75) is 45.4 Å². The second kappa shape index (κ2) is 7.34. The highest BCUT2D eigenvalue weighted by Gasteiger charge is 2.36. The number of pyridine rings is 1. The van der Waals surface area contributed by atoms with E-state index in [0.29, 0.717) is 11.4 Å². The van der Waals surface area contributed by atoms with Gasteiger partial charge in [-0.3, -0.25) is 9.78 Å². The SMILES string of the molecule is CC(C)(C)NC(=O)OC1Cc2ncccc2N(Cc2ccc(F)cc2)C1=O. The fourth-order valence-corrected chi connectivity index (χ4v) is 2.88. The van der Waals surface area contributed by atoms with Crippen LogP contribution in [0.1, 0.15) is 32.0 Å². The number of nitrogens with one attached hydrogen (secondary N) is 1. The Morgan fingerprint density at radius 3 is 2.67 bits per heavy atom. The van der Waals surface area contributed by atoms with E-state index >= 15 is 0 Å². The Morgan fingerprint density at radius 1 is 1.30 bits per heavy atom. The van der Waals surface area contributed by atoms with Gasteiger partial charge in [-0.25, -0.2) is 9.18 Å². The van der Waals surface area contributed by atoms with Gasteiger partial charge in [0, 0.05) is 18.2 Å². The molecule has 0 radical (unpaired) electrons. The number of amides is 2. The number of benzene rings is 1. The summed E-state index contributed by atoms with van der Waals surface area (Å²) in [6, 6.07) is 9.48. The molecule has 27 heavy (non-hydrogen) atoms. The minimum absolute atomic E-state index is 0.215. The molecule has 1 aliphatic heterocycles. The first-order valence-electron chi connectivity index (χ1n) is 8.71. The van der Waals surface area contributed by atoms with Crippen LogP contribution < -0.4 is 10.2 Å². The summed E-state index contributed by atoms with van der Waals surface area (Å²) < 4.78 is 18.5. The Morgan fingerprint density at radius 2 is 2.00 bits per heavy atom. The molecule has 0 saturated heterocycles. The van der Waals surface area contributed by atoms with Crippen molar-refractivity contribution in [2.24, 2.45) is 0 Å². The van der Waals surface area contributed by atoms with Crippen molar-refractivity contribution in [3.05, 3.63) is 59.7 Å². The Bertz CT molecular complexity index is 846. The predicted molar refractivity (Wildman–Crippen MR) is 98.7 cm³/mol. The molecule has 1 N–H and O–H groups in total. The molecule has 3 rings (SSSR count). The van der Waals surface area contributed by atoms with E-state index in [-0.39, 0.29) is 24.7 Å². The van der Waals surface area contributed by atoms with Crippen LogP contribution in [0.3, 0.4) is 0 Å². The van der Waals surface area contributed by atoms with Gasteiger partial charge in [0.1, 0.15) is 5.82 Å². The molecule has 2 aromatic rings. The van der Waals surface area contributed by atoms with Gasteiger partial charge in [0.25, 0.3) is 5.91 Å². The second-order valence-corrected chi connectivity index (χ2v) is 7.49. The fourth-order valence-electron chi connectivity index (χ4n) is 2.88. The molecule has 1 atom stereocenters.